The fraction of sp³-hybridized carbons (Fsp3) is 0.367. The van der Waals surface area contributed by atoms with Crippen molar-refractivity contribution in [2.75, 3.05) is 0 Å². The molecule has 36 heavy (non-hydrogen) atoms. The first-order valence-corrected chi connectivity index (χ1v) is 12.0. The van der Waals surface area contributed by atoms with Gasteiger partial charge in [0.25, 0.3) is 0 Å². The first-order chi connectivity index (χ1) is 16.7. The number of benzene rings is 3. The largest absolute Gasteiger partial charge is 0.488 e. The Labute approximate surface area is 209 Å². The fourth-order valence-electron chi connectivity index (χ4n) is 4.96. The minimum atomic E-state index is -4.48. The van der Waals surface area contributed by atoms with Gasteiger partial charge in [-0.25, -0.2) is 4.79 Å². The molecular formula is C30H31F3O3. The van der Waals surface area contributed by atoms with Gasteiger partial charge < -0.3 is 9.84 Å². The van der Waals surface area contributed by atoms with Crippen LogP contribution < -0.4 is 4.74 Å². The maximum atomic E-state index is 13.7. The molecule has 1 N–H and O–H groups in total. The van der Waals surface area contributed by atoms with Crippen molar-refractivity contribution >= 4 is 5.97 Å². The molecule has 0 heterocycles. The predicted molar refractivity (Wildman–Crippen MR) is 135 cm³/mol. The zero-order chi connectivity index (χ0) is 26.5. The molecule has 0 unspecified atom stereocenters. The van der Waals surface area contributed by atoms with E-state index in [-0.39, 0.29) is 23.0 Å². The van der Waals surface area contributed by atoms with Gasteiger partial charge in [0.15, 0.2) is 0 Å². The Balaban J connectivity index is 1.80. The van der Waals surface area contributed by atoms with E-state index in [1.807, 2.05) is 6.92 Å². The summed E-state index contributed by atoms with van der Waals surface area (Å²) in [7, 11) is 0. The van der Waals surface area contributed by atoms with Crippen LogP contribution in [0.2, 0.25) is 0 Å². The topological polar surface area (TPSA) is 46.5 Å². The first-order valence-electron chi connectivity index (χ1n) is 12.0. The van der Waals surface area contributed by atoms with Crippen molar-refractivity contribution in [2.24, 2.45) is 0 Å². The lowest BCUT2D eigenvalue weighted by atomic mass is 9.62. The molecule has 190 valence electrons. The van der Waals surface area contributed by atoms with Crippen LogP contribution in [0, 0.1) is 6.92 Å². The van der Waals surface area contributed by atoms with Crippen molar-refractivity contribution in [1.82, 2.24) is 0 Å². The summed E-state index contributed by atoms with van der Waals surface area (Å²) < 4.78 is 47.1. The summed E-state index contributed by atoms with van der Waals surface area (Å²) in [6.45, 7) is 10.8. The number of alkyl halides is 3. The predicted octanol–water partition coefficient (Wildman–Crippen LogP) is 8.31. The average molecular weight is 497 g/mol. The molecule has 3 nitrogen and oxygen atoms in total. The smallest absolute Gasteiger partial charge is 0.416 e. The normalized spacial score (nSPS) is 16.3. The molecule has 0 saturated carbocycles. The van der Waals surface area contributed by atoms with E-state index >= 15 is 0 Å². The highest BCUT2D eigenvalue weighted by molar-refractivity contribution is 5.87. The highest BCUT2D eigenvalue weighted by Crippen LogP contribution is 2.49. The maximum absolute atomic E-state index is 13.7. The Morgan fingerprint density at radius 1 is 0.889 bits per heavy atom. The van der Waals surface area contributed by atoms with Crippen molar-refractivity contribution in [2.45, 2.75) is 71.1 Å². The minimum absolute atomic E-state index is 0.0105. The number of carboxylic acids is 1. The van der Waals surface area contributed by atoms with Crippen LogP contribution >= 0.6 is 0 Å². The fourth-order valence-corrected chi connectivity index (χ4v) is 4.96. The molecule has 3 aromatic carbocycles. The summed E-state index contributed by atoms with van der Waals surface area (Å²) in [5, 5.41) is 9.09. The number of carboxylic acid groups (broad SMARTS) is 1. The zero-order valence-electron chi connectivity index (χ0n) is 21.2. The number of aromatic carboxylic acids is 1. The van der Waals surface area contributed by atoms with Crippen LogP contribution in [0.15, 0.2) is 54.6 Å². The van der Waals surface area contributed by atoms with Gasteiger partial charge in [0.05, 0.1) is 11.1 Å². The summed E-state index contributed by atoms with van der Waals surface area (Å²) >= 11 is 0. The number of fused-ring (bicyclic) bond motifs is 1. The summed E-state index contributed by atoms with van der Waals surface area (Å²) in [5.74, 6) is -0.678. The van der Waals surface area contributed by atoms with E-state index in [2.05, 4.69) is 39.8 Å². The average Bonchev–Trinajstić information content (AvgIpc) is 2.80. The SMILES string of the molecule is Cc1cc2c(cc1-c1cc(C(F)(F)F)ccc1OCc1ccc(C(=O)O)cc1)C(C)(C)CCC2(C)C. The third kappa shape index (κ3) is 4.99. The van der Waals surface area contributed by atoms with E-state index in [0.717, 1.165) is 41.2 Å². The van der Waals surface area contributed by atoms with Crippen molar-refractivity contribution < 1.29 is 27.8 Å². The van der Waals surface area contributed by atoms with Crippen molar-refractivity contribution in [3.63, 3.8) is 0 Å². The van der Waals surface area contributed by atoms with Gasteiger partial charge in [0, 0.05) is 5.56 Å². The molecule has 0 atom stereocenters. The minimum Gasteiger partial charge on any atom is -0.488 e. The zero-order valence-corrected chi connectivity index (χ0v) is 21.2. The number of halogens is 3. The first kappa shape index (κ1) is 25.8. The third-order valence-corrected chi connectivity index (χ3v) is 7.39. The van der Waals surface area contributed by atoms with Crippen LogP contribution in [0.3, 0.4) is 0 Å². The lowest BCUT2D eigenvalue weighted by Gasteiger charge is -2.42. The number of rotatable bonds is 5. The maximum Gasteiger partial charge on any atom is 0.416 e. The monoisotopic (exact) mass is 496 g/mol. The van der Waals surface area contributed by atoms with Gasteiger partial charge in [-0.1, -0.05) is 45.9 Å². The van der Waals surface area contributed by atoms with Crippen molar-refractivity contribution in [3.05, 3.63) is 88.0 Å². The molecule has 0 aromatic heterocycles. The quantitative estimate of drug-likeness (QED) is 0.386. The van der Waals surface area contributed by atoms with Crippen molar-refractivity contribution in [3.8, 4) is 16.9 Å². The molecule has 0 fully saturated rings. The summed E-state index contributed by atoms with van der Waals surface area (Å²) in [4.78, 5) is 11.1. The van der Waals surface area contributed by atoms with Crippen LogP contribution in [-0.4, -0.2) is 11.1 Å². The Morgan fingerprint density at radius 3 is 2.03 bits per heavy atom. The van der Waals surface area contributed by atoms with Gasteiger partial charge in [0.1, 0.15) is 12.4 Å². The summed E-state index contributed by atoms with van der Waals surface area (Å²) in [6, 6.07) is 14.0. The van der Waals surface area contributed by atoms with Gasteiger partial charge in [-0.05, 0) is 94.8 Å². The molecule has 4 rings (SSSR count). The molecule has 0 radical (unpaired) electrons. The molecule has 0 aliphatic heterocycles. The lowest BCUT2D eigenvalue weighted by molar-refractivity contribution is -0.137. The Kier molecular flexibility index (Phi) is 6.44. The molecule has 3 aromatic rings. The van der Waals surface area contributed by atoms with Gasteiger partial charge in [-0.15, -0.1) is 0 Å². The van der Waals surface area contributed by atoms with E-state index in [1.165, 1.54) is 29.8 Å². The van der Waals surface area contributed by atoms with Gasteiger partial charge in [0.2, 0.25) is 0 Å². The van der Waals surface area contributed by atoms with E-state index < -0.39 is 17.7 Å². The number of hydrogen-bond donors (Lipinski definition) is 1. The molecule has 0 bridgehead atoms. The molecule has 0 saturated heterocycles. The molecule has 1 aliphatic carbocycles. The highest BCUT2D eigenvalue weighted by Gasteiger charge is 2.38. The Bertz CT molecular complexity index is 1300. The van der Waals surface area contributed by atoms with E-state index in [4.69, 9.17) is 9.84 Å². The Morgan fingerprint density at radius 2 is 1.47 bits per heavy atom. The second kappa shape index (κ2) is 8.99. The van der Waals surface area contributed by atoms with Crippen LogP contribution in [0.4, 0.5) is 13.2 Å². The number of aryl methyl sites for hydroxylation is 1. The van der Waals surface area contributed by atoms with Crippen LogP contribution in [-0.2, 0) is 23.6 Å². The number of ether oxygens (including phenoxy) is 1. The standard InChI is InChI=1S/C30H31F3O3/c1-18-14-24-25(29(4,5)13-12-28(24,2)3)16-22(18)23-15-21(30(31,32)33)10-11-26(23)36-17-19-6-8-20(9-7-19)27(34)35/h6-11,14-16H,12-13,17H2,1-5H3,(H,34,35). The molecular weight excluding hydrogens is 465 g/mol. The van der Waals surface area contributed by atoms with Crippen molar-refractivity contribution in [1.29, 1.82) is 0 Å². The molecule has 0 spiro atoms. The van der Waals surface area contributed by atoms with Gasteiger partial charge in [-0.2, -0.15) is 13.2 Å². The highest BCUT2D eigenvalue weighted by atomic mass is 19.4. The summed E-state index contributed by atoms with van der Waals surface area (Å²) in [5.41, 5.74) is 4.46. The van der Waals surface area contributed by atoms with Crippen LogP contribution in [0.25, 0.3) is 11.1 Å². The summed E-state index contributed by atoms with van der Waals surface area (Å²) in [6.07, 6.45) is -2.44. The van der Waals surface area contributed by atoms with E-state index in [9.17, 15) is 18.0 Å². The second-order valence-electron chi connectivity index (χ2n) is 11.0. The van der Waals surface area contributed by atoms with Crippen LogP contribution in [0.1, 0.15) is 78.7 Å². The van der Waals surface area contributed by atoms with Gasteiger partial charge >= 0.3 is 12.1 Å². The second-order valence-corrected chi connectivity index (χ2v) is 11.0. The Hall–Kier alpha value is -3.28. The van der Waals surface area contributed by atoms with E-state index in [1.54, 1.807) is 12.1 Å². The number of carbonyl (C=O) groups is 1. The third-order valence-electron chi connectivity index (χ3n) is 7.39. The molecule has 0 amide bonds. The van der Waals surface area contributed by atoms with Crippen LogP contribution in [0.5, 0.6) is 5.75 Å². The molecule has 1 aliphatic rings. The van der Waals surface area contributed by atoms with Gasteiger partial charge in [-0.3, -0.25) is 0 Å². The number of hydrogen-bond acceptors (Lipinski definition) is 2. The van der Waals surface area contributed by atoms with E-state index in [0.29, 0.717) is 11.3 Å². The molecule has 6 heteroatoms. The lowest BCUT2D eigenvalue weighted by Crippen LogP contribution is -2.34.